The predicted octanol–water partition coefficient (Wildman–Crippen LogP) is 2.63. The summed E-state index contributed by atoms with van der Waals surface area (Å²) in [6, 6.07) is 15.9. The quantitative estimate of drug-likeness (QED) is 0.796. The highest BCUT2D eigenvalue weighted by Crippen LogP contribution is 2.20. The lowest BCUT2D eigenvalue weighted by molar-refractivity contribution is 0.596. The summed E-state index contributed by atoms with van der Waals surface area (Å²) in [7, 11) is -3.38. The van der Waals surface area contributed by atoms with Crippen LogP contribution in [0.5, 0.6) is 0 Å². The lowest BCUT2D eigenvalue weighted by Gasteiger charge is -2.04. The van der Waals surface area contributed by atoms with E-state index in [0.29, 0.717) is 9.79 Å². The second-order valence-corrected chi connectivity index (χ2v) is 5.50. The zero-order valence-electron chi connectivity index (χ0n) is 8.84. The molecule has 0 amide bonds. The molecule has 0 bridgehead atoms. The molecule has 1 radical (unpaired) electrons. The molecule has 16 heavy (non-hydrogen) atoms. The molecule has 0 aliphatic carbocycles. The number of aryl methyl sites for hydroxylation is 1. The fourth-order valence-electron chi connectivity index (χ4n) is 1.40. The second kappa shape index (κ2) is 4.10. The molecular weight excluding hydrogens is 220 g/mol. The molecule has 2 aromatic carbocycles. The first-order chi connectivity index (χ1) is 7.60. The SMILES string of the molecule is Cc1ccc(S(=O)(=O)c2cc[c]cc2)cc1. The summed E-state index contributed by atoms with van der Waals surface area (Å²) in [6.45, 7) is 1.92. The van der Waals surface area contributed by atoms with Crippen molar-refractivity contribution in [3.05, 3.63) is 60.2 Å². The van der Waals surface area contributed by atoms with Crippen molar-refractivity contribution in [1.29, 1.82) is 0 Å². The van der Waals surface area contributed by atoms with E-state index in [1.54, 1.807) is 48.5 Å². The van der Waals surface area contributed by atoms with Gasteiger partial charge in [-0.25, -0.2) is 8.42 Å². The van der Waals surface area contributed by atoms with Crippen molar-refractivity contribution in [2.24, 2.45) is 0 Å². The number of hydrogen-bond donors (Lipinski definition) is 0. The van der Waals surface area contributed by atoms with Crippen molar-refractivity contribution in [3.8, 4) is 0 Å². The van der Waals surface area contributed by atoms with E-state index in [-0.39, 0.29) is 0 Å². The first-order valence-corrected chi connectivity index (χ1v) is 6.37. The fraction of sp³-hybridized carbons (Fsp3) is 0.0769. The zero-order valence-corrected chi connectivity index (χ0v) is 9.66. The number of benzene rings is 2. The van der Waals surface area contributed by atoms with Crippen LogP contribution in [0, 0.1) is 13.0 Å². The molecule has 0 spiro atoms. The first-order valence-electron chi connectivity index (χ1n) is 4.88. The molecule has 0 aromatic heterocycles. The van der Waals surface area contributed by atoms with Crippen LogP contribution < -0.4 is 0 Å². The van der Waals surface area contributed by atoms with Crippen molar-refractivity contribution in [2.75, 3.05) is 0 Å². The van der Waals surface area contributed by atoms with Crippen molar-refractivity contribution in [1.82, 2.24) is 0 Å². The highest BCUT2D eigenvalue weighted by Gasteiger charge is 2.16. The van der Waals surface area contributed by atoms with Crippen molar-refractivity contribution in [2.45, 2.75) is 16.7 Å². The Hall–Kier alpha value is -1.61. The second-order valence-electron chi connectivity index (χ2n) is 3.55. The Morgan fingerprint density at radius 1 is 0.875 bits per heavy atom. The molecule has 0 saturated heterocycles. The Labute approximate surface area is 95.5 Å². The number of sulfone groups is 1. The van der Waals surface area contributed by atoms with Crippen LogP contribution in [0.2, 0.25) is 0 Å². The average molecular weight is 231 g/mol. The molecule has 0 N–H and O–H groups in total. The van der Waals surface area contributed by atoms with Gasteiger partial charge in [0.25, 0.3) is 0 Å². The van der Waals surface area contributed by atoms with E-state index in [2.05, 4.69) is 6.07 Å². The van der Waals surface area contributed by atoms with E-state index in [0.717, 1.165) is 5.56 Å². The standard InChI is InChI=1S/C13H11O2S/c1-11-7-9-13(10-8-11)16(14,15)12-5-3-2-4-6-12/h3-10H,1H3. The summed E-state index contributed by atoms with van der Waals surface area (Å²) < 4.78 is 24.3. The van der Waals surface area contributed by atoms with Crippen molar-refractivity contribution in [3.63, 3.8) is 0 Å². The third-order valence-electron chi connectivity index (χ3n) is 2.33. The molecule has 3 heteroatoms. The maximum atomic E-state index is 12.1. The lowest BCUT2D eigenvalue weighted by atomic mass is 10.2. The molecule has 81 valence electrons. The summed E-state index contributed by atoms with van der Waals surface area (Å²) in [6.07, 6.45) is 0. The van der Waals surface area contributed by atoms with E-state index in [1.165, 1.54) is 0 Å². The molecule has 0 aliphatic heterocycles. The van der Waals surface area contributed by atoms with Gasteiger partial charge in [-0.2, -0.15) is 0 Å². The highest BCUT2D eigenvalue weighted by atomic mass is 32.2. The summed E-state index contributed by atoms with van der Waals surface area (Å²) >= 11 is 0. The summed E-state index contributed by atoms with van der Waals surface area (Å²) in [4.78, 5) is 0.624. The van der Waals surface area contributed by atoms with E-state index in [4.69, 9.17) is 0 Å². The highest BCUT2D eigenvalue weighted by molar-refractivity contribution is 7.91. The van der Waals surface area contributed by atoms with Crippen molar-refractivity contribution >= 4 is 9.84 Å². The summed E-state index contributed by atoms with van der Waals surface area (Å²) in [5.41, 5.74) is 1.04. The van der Waals surface area contributed by atoms with Crippen LogP contribution in [0.1, 0.15) is 5.56 Å². The molecule has 0 atom stereocenters. The molecule has 0 unspecified atom stereocenters. The van der Waals surface area contributed by atoms with E-state index in [9.17, 15) is 8.42 Å². The minimum atomic E-state index is -3.38. The van der Waals surface area contributed by atoms with E-state index in [1.807, 2.05) is 6.92 Å². The molecule has 0 heterocycles. The lowest BCUT2D eigenvalue weighted by Crippen LogP contribution is -2.01. The molecule has 0 saturated carbocycles. The molecule has 0 fully saturated rings. The van der Waals surface area contributed by atoms with Gasteiger partial charge in [0.1, 0.15) is 0 Å². The Bertz CT molecular complexity index is 569. The maximum absolute atomic E-state index is 12.1. The van der Waals surface area contributed by atoms with Gasteiger partial charge < -0.3 is 0 Å². The monoisotopic (exact) mass is 231 g/mol. The van der Waals surface area contributed by atoms with Gasteiger partial charge in [0.15, 0.2) is 0 Å². The van der Waals surface area contributed by atoms with Gasteiger partial charge >= 0.3 is 0 Å². The Balaban J connectivity index is 2.52. The Morgan fingerprint density at radius 3 is 1.94 bits per heavy atom. The zero-order chi connectivity index (χ0) is 11.6. The average Bonchev–Trinajstić information content (AvgIpc) is 2.31. The summed E-state index contributed by atoms with van der Waals surface area (Å²) in [5.74, 6) is 0. The van der Waals surface area contributed by atoms with Crippen LogP contribution in [0.4, 0.5) is 0 Å². The fourth-order valence-corrected chi connectivity index (χ4v) is 2.67. The smallest absolute Gasteiger partial charge is 0.206 e. The van der Waals surface area contributed by atoms with Gasteiger partial charge in [-0.1, -0.05) is 29.8 Å². The van der Waals surface area contributed by atoms with Gasteiger partial charge in [-0.05, 0) is 37.3 Å². The molecule has 2 nitrogen and oxygen atoms in total. The largest absolute Gasteiger partial charge is 0.219 e. The maximum Gasteiger partial charge on any atom is 0.206 e. The minimum absolute atomic E-state index is 0.301. The van der Waals surface area contributed by atoms with Crippen LogP contribution in [0.25, 0.3) is 0 Å². The Kier molecular flexibility index (Phi) is 2.79. The normalized spacial score (nSPS) is 11.3. The minimum Gasteiger partial charge on any atom is -0.219 e. The number of rotatable bonds is 2. The molecular formula is C13H11O2S. The molecule has 0 aliphatic rings. The third kappa shape index (κ3) is 1.99. The summed E-state index contributed by atoms with van der Waals surface area (Å²) in [5, 5.41) is 0. The van der Waals surface area contributed by atoms with Gasteiger partial charge in [0, 0.05) is 0 Å². The first kappa shape index (κ1) is 10.9. The van der Waals surface area contributed by atoms with Crippen LogP contribution in [-0.4, -0.2) is 8.42 Å². The van der Waals surface area contributed by atoms with Crippen LogP contribution in [0.3, 0.4) is 0 Å². The molecule has 2 aromatic rings. The predicted molar refractivity (Wildman–Crippen MR) is 61.9 cm³/mol. The van der Waals surface area contributed by atoms with Gasteiger partial charge in [-0.15, -0.1) is 0 Å². The van der Waals surface area contributed by atoms with E-state index >= 15 is 0 Å². The van der Waals surface area contributed by atoms with Crippen LogP contribution >= 0.6 is 0 Å². The Morgan fingerprint density at radius 2 is 1.38 bits per heavy atom. The van der Waals surface area contributed by atoms with Gasteiger partial charge in [0.2, 0.25) is 9.84 Å². The number of hydrogen-bond acceptors (Lipinski definition) is 2. The van der Waals surface area contributed by atoms with Crippen molar-refractivity contribution < 1.29 is 8.42 Å². The van der Waals surface area contributed by atoms with Crippen LogP contribution in [0.15, 0.2) is 58.3 Å². The van der Waals surface area contributed by atoms with Crippen LogP contribution in [-0.2, 0) is 9.84 Å². The topological polar surface area (TPSA) is 34.1 Å². The van der Waals surface area contributed by atoms with Gasteiger partial charge in [0.05, 0.1) is 9.79 Å². The molecule has 2 rings (SSSR count). The van der Waals surface area contributed by atoms with E-state index < -0.39 is 9.84 Å². The van der Waals surface area contributed by atoms with Gasteiger partial charge in [-0.3, -0.25) is 0 Å². The third-order valence-corrected chi connectivity index (χ3v) is 4.11.